The molecule has 0 aromatic heterocycles. The van der Waals surface area contributed by atoms with Crippen LogP contribution in [-0.2, 0) is 21.5 Å². The molecule has 4 rings (SSSR count). The lowest BCUT2D eigenvalue weighted by molar-refractivity contribution is -0.135. The summed E-state index contributed by atoms with van der Waals surface area (Å²) in [6.07, 6.45) is 2.08. The van der Waals surface area contributed by atoms with Crippen LogP contribution in [0, 0.1) is 13.8 Å². The molecule has 1 spiro atoms. The molecule has 2 aromatic carbocycles. The van der Waals surface area contributed by atoms with Crippen LogP contribution in [0.25, 0.3) is 0 Å². The summed E-state index contributed by atoms with van der Waals surface area (Å²) in [5.74, 6) is -1.58. The zero-order chi connectivity index (χ0) is 22.2. The number of amides is 5. The first kappa shape index (κ1) is 20.6. The van der Waals surface area contributed by atoms with Gasteiger partial charge in [-0.2, -0.15) is 0 Å². The third kappa shape index (κ3) is 3.65. The highest BCUT2D eigenvalue weighted by Crippen LogP contribution is 2.39. The Bertz CT molecular complexity index is 1100. The van der Waals surface area contributed by atoms with Gasteiger partial charge in [0.2, 0.25) is 0 Å². The van der Waals surface area contributed by atoms with Gasteiger partial charge in [0.05, 0.1) is 0 Å². The van der Waals surface area contributed by atoms with E-state index in [1.54, 1.807) is 19.1 Å². The van der Waals surface area contributed by atoms with E-state index >= 15 is 0 Å². The van der Waals surface area contributed by atoms with Crippen molar-refractivity contribution in [3.05, 3.63) is 70.3 Å². The molecular formula is C23H24N4O4. The fourth-order valence-corrected chi connectivity index (χ4v) is 4.40. The maximum atomic E-state index is 13.2. The number of hydrogen-bond donors (Lipinski definition) is 3. The second-order valence-electron chi connectivity index (χ2n) is 8.06. The maximum Gasteiger partial charge on any atom is 0.325 e. The number of nitrogens with one attached hydrogen (secondary N) is 3. The van der Waals surface area contributed by atoms with Gasteiger partial charge in [-0.15, -0.1) is 0 Å². The van der Waals surface area contributed by atoms with Crippen molar-refractivity contribution in [1.29, 1.82) is 0 Å². The topological polar surface area (TPSA) is 108 Å². The molecule has 2 aromatic rings. The lowest BCUT2D eigenvalue weighted by Gasteiger charge is -2.33. The van der Waals surface area contributed by atoms with Gasteiger partial charge in [-0.1, -0.05) is 42.0 Å². The van der Waals surface area contributed by atoms with Gasteiger partial charge in [-0.25, -0.2) is 4.79 Å². The van der Waals surface area contributed by atoms with Crippen molar-refractivity contribution < 1.29 is 19.2 Å². The minimum absolute atomic E-state index is 0.429. The summed E-state index contributed by atoms with van der Waals surface area (Å²) in [5, 5.41) is 2.80. The van der Waals surface area contributed by atoms with Crippen molar-refractivity contribution in [3.63, 3.8) is 0 Å². The first-order valence-electron chi connectivity index (χ1n) is 10.2. The second kappa shape index (κ2) is 7.86. The zero-order valence-corrected chi connectivity index (χ0v) is 17.5. The number of fused-ring (bicyclic) bond motifs is 2. The van der Waals surface area contributed by atoms with Crippen molar-refractivity contribution in [3.8, 4) is 0 Å². The molecular weight excluding hydrogens is 396 g/mol. The lowest BCUT2D eigenvalue weighted by atomic mass is 9.76. The Morgan fingerprint density at radius 3 is 2.65 bits per heavy atom. The van der Waals surface area contributed by atoms with E-state index in [0.717, 1.165) is 40.0 Å². The summed E-state index contributed by atoms with van der Waals surface area (Å²) in [5.41, 5.74) is 7.53. The summed E-state index contributed by atoms with van der Waals surface area (Å²) in [6, 6.07) is 12.3. The molecule has 8 nitrogen and oxygen atoms in total. The van der Waals surface area contributed by atoms with Crippen LogP contribution in [-0.4, -0.2) is 35.2 Å². The molecule has 2 aliphatic rings. The fraction of sp³-hybridized carbons (Fsp3) is 0.304. The van der Waals surface area contributed by atoms with Gasteiger partial charge in [-0.05, 0) is 55.9 Å². The molecule has 0 bridgehead atoms. The summed E-state index contributed by atoms with van der Waals surface area (Å²) in [4.78, 5) is 51.4. The first-order valence-corrected chi connectivity index (χ1v) is 10.2. The zero-order valence-electron chi connectivity index (χ0n) is 17.5. The van der Waals surface area contributed by atoms with E-state index in [-0.39, 0.29) is 0 Å². The monoisotopic (exact) mass is 420 g/mol. The van der Waals surface area contributed by atoms with Crippen molar-refractivity contribution in [2.45, 2.75) is 38.6 Å². The van der Waals surface area contributed by atoms with Crippen LogP contribution in [0.5, 0.6) is 0 Å². The normalized spacial score (nSPS) is 19.7. The average molecular weight is 420 g/mol. The fourth-order valence-electron chi connectivity index (χ4n) is 4.40. The number of hydrazine groups is 1. The molecule has 160 valence electrons. The van der Waals surface area contributed by atoms with Gasteiger partial charge in [0.1, 0.15) is 12.1 Å². The molecule has 1 saturated heterocycles. The summed E-state index contributed by atoms with van der Waals surface area (Å²) in [7, 11) is 0. The Morgan fingerprint density at radius 2 is 1.87 bits per heavy atom. The van der Waals surface area contributed by atoms with E-state index in [1.807, 2.05) is 37.3 Å². The van der Waals surface area contributed by atoms with Crippen molar-refractivity contribution in [1.82, 2.24) is 21.1 Å². The number of urea groups is 1. The standard InChI is InChI=1S/C23H24N4O4/c1-14-9-10-17(15(2)12-14)20(29)26-25-19(28)13-27-21(30)23(24-22(27)31)11-5-7-16-6-3-4-8-18(16)23/h3-4,6,8-10,12H,5,7,11,13H2,1-2H3,(H,24,31)(H,25,28)(H,26,29). The SMILES string of the molecule is Cc1ccc(C(=O)NNC(=O)CN2C(=O)NC3(CCCc4ccccc43)C2=O)c(C)c1. The molecule has 5 amide bonds. The smallest absolute Gasteiger partial charge is 0.319 e. The third-order valence-electron chi connectivity index (χ3n) is 5.89. The van der Waals surface area contributed by atoms with Crippen molar-refractivity contribution >= 4 is 23.8 Å². The van der Waals surface area contributed by atoms with E-state index in [4.69, 9.17) is 0 Å². The molecule has 1 unspecified atom stereocenters. The highest BCUT2D eigenvalue weighted by atomic mass is 16.2. The Kier molecular flexibility index (Phi) is 5.22. The quantitative estimate of drug-likeness (QED) is 0.520. The van der Waals surface area contributed by atoms with Crippen LogP contribution in [0.3, 0.4) is 0 Å². The van der Waals surface area contributed by atoms with Gasteiger partial charge in [0.15, 0.2) is 0 Å². The number of rotatable bonds is 3. The Morgan fingerprint density at radius 1 is 1.10 bits per heavy atom. The van der Waals surface area contributed by atoms with E-state index in [1.165, 1.54) is 0 Å². The highest BCUT2D eigenvalue weighted by Gasteiger charge is 2.54. The number of carbonyl (C=O) groups is 4. The number of hydrogen-bond acceptors (Lipinski definition) is 4. The summed E-state index contributed by atoms with van der Waals surface area (Å²) < 4.78 is 0. The number of aryl methyl sites for hydroxylation is 3. The Hall–Kier alpha value is -3.68. The molecule has 31 heavy (non-hydrogen) atoms. The number of benzene rings is 2. The van der Waals surface area contributed by atoms with Crippen LogP contribution in [0.4, 0.5) is 4.79 Å². The molecule has 0 saturated carbocycles. The summed E-state index contributed by atoms with van der Waals surface area (Å²) >= 11 is 0. The van der Waals surface area contributed by atoms with Gasteiger partial charge in [0, 0.05) is 5.56 Å². The molecule has 1 fully saturated rings. The average Bonchev–Trinajstić information content (AvgIpc) is 2.97. The van der Waals surface area contributed by atoms with Gasteiger partial charge in [-0.3, -0.25) is 30.1 Å². The lowest BCUT2D eigenvalue weighted by Crippen LogP contribution is -2.49. The largest absolute Gasteiger partial charge is 0.325 e. The maximum absolute atomic E-state index is 13.2. The van der Waals surface area contributed by atoms with Crippen LogP contribution in [0.2, 0.25) is 0 Å². The van der Waals surface area contributed by atoms with Crippen LogP contribution >= 0.6 is 0 Å². The van der Waals surface area contributed by atoms with Crippen LogP contribution in [0.1, 0.15) is 45.5 Å². The number of nitrogens with zero attached hydrogens (tertiary/aromatic N) is 1. The molecule has 1 heterocycles. The van der Waals surface area contributed by atoms with Gasteiger partial charge >= 0.3 is 6.03 Å². The van der Waals surface area contributed by atoms with E-state index in [9.17, 15) is 19.2 Å². The van der Waals surface area contributed by atoms with Crippen LogP contribution < -0.4 is 16.2 Å². The third-order valence-corrected chi connectivity index (χ3v) is 5.89. The highest BCUT2D eigenvalue weighted by molar-refractivity contribution is 6.09. The Balaban J connectivity index is 1.43. The first-order chi connectivity index (χ1) is 14.8. The minimum Gasteiger partial charge on any atom is -0.319 e. The van der Waals surface area contributed by atoms with Crippen molar-refractivity contribution in [2.75, 3.05) is 6.54 Å². The minimum atomic E-state index is -1.13. The van der Waals surface area contributed by atoms with Crippen LogP contribution in [0.15, 0.2) is 42.5 Å². The van der Waals surface area contributed by atoms with E-state index < -0.39 is 35.8 Å². The predicted octanol–water partition coefficient (Wildman–Crippen LogP) is 1.85. The number of carbonyl (C=O) groups excluding carboxylic acids is 4. The van der Waals surface area contributed by atoms with E-state index in [0.29, 0.717) is 12.0 Å². The molecule has 8 heteroatoms. The molecule has 1 aliphatic heterocycles. The Labute approximate surface area is 180 Å². The summed E-state index contributed by atoms with van der Waals surface area (Å²) in [6.45, 7) is 3.24. The molecule has 0 radical (unpaired) electrons. The molecule has 3 N–H and O–H groups in total. The second-order valence-corrected chi connectivity index (χ2v) is 8.06. The predicted molar refractivity (Wildman–Crippen MR) is 113 cm³/mol. The van der Waals surface area contributed by atoms with Gasteiger partial charge in [0.25, 0.3) is 17.7 Å². The van der Waals surface area contributed by atoms with E-state index in [2.05, 4.69) is 16.2 Å². The molecule has 1 atom stereocenters. The number of imide groups is 1. The van der Waals surface area contributed by atoms with Crippen molar-refractivity contribution in [2.24, 2.45) is 0 Å². The van der Waals surface area contributed by atoms with Gasteiger partial charge < -0.3 is 5.32 Å². The molecule has 1 aliphatic carbocycles.